The van der Waals surface area contributed by atoms with Gasteiger partial charge < -0.3 is 4.90 Å². The van der Waals surface area contributed by atoms with Crippen LogP contribution in [0.3, 0.4) is 0 Å². The van der Waals surface area contributed by atoms with E-state index in [-0.39, 0.29) is 11.3 Å². The number of amides is 1. The lowest BCUT2D eigenvalue weighted by Crippen LogP contribution is -2.35. The molecule has 1 amide bonds. The fraction of sp³-hybridized carbons (Fsp3) is 0.350. The van der Waals surface area contributed by atoms with Crippen molar-refractivity contribution >= 4 is 5.91 Å². The van der Waals surface area contributed by atoms with Gasteiger partial charge in [0.1, 0.15) is 0 Å². The predicted molar refractivity (Wildman–Crippen MR) is 96.5 cm³/mol. The van der Waals surface area contributed by atoms with E-state index in [1.54, 1.807) is 9.58 Å². The fourth-order valence-electron chi connectivity index (χ4n) is 2.92. The summed E-state index contributed by atoms with van der Waals surface area (Å²) in [6, 6.07) is 12.0. The van der Waals surface area contributed by atoms with Gasteiger partial charge >= 0.3 is 0 Å². The smallest absolute Gasteiger partial charge is 0.257 e. The van der Waals surface area contributed by atoms with Crippen molar-refractivity contribution in [3.05, 3.63) is 59.4 Å². The van der Waals surface area contributed by atoms with Crippen LogP contribution in [-0.4, -0.2) is 33.7 Å². The third-order valence-corrected chi connectivity index (χ3v) is 4.32. The van der Waals surface area contributed by atoms with Crippen LogP contribution >= 0.6 is 0 Å². The maximum Gasteiger partial charge on any atom is 0.257 e. The number of para-hydroxylation sites is 1. The second kappa shape index (κ2) is 6.56. The maximum absolute atomic E-state index is 13.1. The first kappa shape index (κ1) is 17.0. The molecule has 2 aromatic rings. The quantitative estimate of drug-likeness (QED) is 0.845. The van der Waals surface area contributed by atoms with Gasteiger partial charge in [-0.05, 0) is 18.6 Å². The van der Waals surface area contributed by atoms with Gasteiger partial charge in [0.25, 0.3) is 5.91 Å². The average molecular weight is 334 g/mol. The lowest BCUT2D eigenvalue weighted by atomic mass is 9.89. The van der Waals surface area contributed by atoms with Crippen molar-refractivity contribution in [2.45, 2.75) is 32.6 Å². The highest BCUT2D eigenvalue weighted by Crippen LogP contribution is 2.27. The van der Waals surface area contributed by atoms with Crippen molar-refractivity contribution in [2.75, 3.05) is 13.1 Å². The monoisotopic (exact) mass is 334 g/mol. The molecule has 0 spiro atoms. The summed E-state index contributed by atoms with van der Waals surface area (Å²) in [5, 5.41) is 13.7. The van der Waals surface area contributed by atoms with E-state index in [1.165, 1.54) is 0 Å². The summed E-state index contributed by atoms with van der Waals surface area (Å²) in [5.74, 6) is -0.0275. The normalized spacial score (nSPS) is 14.8. The van der Waals surface area contributed by atoms with Gasteiger partial charge in [-0.15, -0.1) is 0 Å². The Kier molecular flexibility index (Phi) is 4.45. The predicted octanol–water partition coefficient (Wildman–Crippen LogP) is 3.47. The van der Waals surface area contributed by atoms with Crippen molar-refractivity contribution in [2.24, 2.45) is 0 Å². The third-order valence-electron chi connectivity index (χ3n) is 4.32. The summed E-state index contributed by atoms with van der Waals surface area (Å²) in [7, 11) is 0. The number of hydrogen-bond donors (Lipinski definition) is 0. The molecule has 1 aromatic heterocycles. The molecule has 2 heterocycles. The zero-order valence-corrected chi connectivity index (χ0v) is 14.9. The topological polar surface area (TPSA) is 61.9 Å². The lowest BCUT2D eigenvalue weighted by Gasteiger charge is -2.26. The van der Waals surface area contributed by atoms with Gasteiger partial charge in [0.2, 0.25) is 0 Å². The highest BCUT2D eigenvalue weighted by molar-refractivity contribution is 5.95. The van der Waals surface area contributed by atoms with Crippen molar-refractivity contribution in [3.8, 4) is 11.8 Å². The van der Waals surface area contributed by atoms with Gasteiger partial charge in [-0.2, -0.15) is 10.4 Å². The van der Waals surface area contributed by atoms with E-state index in [0.717, 1.165) is 17.0 Å². The van der Waals surface area contributed by atoms with E-state index in [0.29, 0.717) is 25.1 Å². The van der Waals surface area contributed by atoms with Crippen LogP contribution in [0.25, 0.3) is 5.69 Å². The Morgan fingerprint density at radius 3 is 2.52 bits per heavy atom. The molecule has 0 saturated carbocycles. The molecular weight excluding hydrogens is 312 g/mol. The SMILES string of the molecule is CC(C)(C)c1nn(-c2ccccc2)cc1C(=O)N1CC=C(C#N)CC1. The first-order valence-corrected chi connectivity index (χ1v) is 8.44. The standard InChI is InChI=1S/C20H22N4O/c1-20(2,3)18-17(14-24(22-18)16-7-5-4-6-8-16)19(25)23-11-9-15(13-21)10-12-23/h4-9,14H,10-12H2,1-3H3. The van der Waals surface area contributed by atoms with Crippen LogP contribution in [0.4, 0.5) is 0 Å². The number of carbonyl (C=O) groups excluding carboxylic acids is 1. The summed E-state index contributed by atoms with van der Waals surface area (Å²) < 4.78 is 1.77. The van der Waals surface area contributed by atoms with Crippen molar-refractivity contribution in [1.29, 1.82) is 5.26 Å². The third kappa shape index (κ3) is 3.48. The summed E-state index contributed by atoms with van der Waals surface area (Å²) >= 11 is 0. The van der Waals surface area contributed by atoms with Gasteiger partial charge in [0, 0.05) is 30.3 Å². The van der Waals surface area contributed by atoms with Crippen LogP contribution in [0.1, 0.15) is 43.2 Å². The molecule has 1 aliphatic rings. The molecule has 25 heavy (non-hydrogen) atoms. The minimum atomic E-state index is -0.242. The number of hydrogen-bond acceptors (Lipinski definition) is 3. The van der Waals surface area contributed by atoms with Gasteiger partial charge in [-0.25, -0.2) is 4.68 Å². The molecular formula is C20H22N4O. The molecule has 3 rings (SSSR count). The number of nitriles is 1. The molecule has 1 aromatic carbocycles. The van der Waals surface area contributed by atoms with Gasteiger partial charge in [-0.1, -0.05) is 45.0 Å². The summed E-state index contributed by atoms with van der Waals surface area (Å²) in [5.41, 5.74) is 2.85. The first-order valence-electron chi connectivity index (χ1n) is 8.44. The number of carbonyl (C=O) groups is 1. The minimum absolute atomic E-state index is 0.0275. The van der Waals surface area contributed by atoms with Gasteiger partial charge in [-0.3, -0.25) is 4.79 Å². The van der Waals surface area contributed by atoms with E-state index in [2.05, 4.69) is 26.8 Å². The van der Waals surface area contributed by atoms with E-state index in [1.807, 2.05) is 42.6 Å². The molecule has 5 heteroatoms. The van der Waals surface area contributed by atoms with Crippen LogP contribution < -0.4 is 0 Å². The highest BCUT2D eigenvalue weighted by Gasteiger charge is 2.29. The molecule has 5 nitrogen and oxygen atoms in total. The molecule has 0 radical (unpaired) electrons. The summed E-state index contributed by atoms with van der Waals surface area (Å²) in [4.78, 5) is 14.8. The van der Waals surface area contributed by atoms with Gasteiger partial charge in [0.15, 0.2) is 0 Å². The zero-order valence-electron chi connectivity index (χ0n) is 14.9. The molecule has 0 N–H and O–H groups in total. The van der Waals surface area contributed by atoms with Crippen LogP contribution in [0.15, 0.2) is 48.2 Å². The largest absolute Gasteiger partial charge is 0.334 e. The van der Waals surface area contributed by atoms with Gasteiger partial charge in [0.05, 0.1) is 23.0 Å². The minimum Gasteiger partial charge on any atom is -0.334 e. The molecule has 1 aliphatic heterocycles. The molecule has 0 saturated heterocycles. The Bertz CT molecular complexity index is 850. The first-order chi connectivity index (χ1) is 11.9. The Labute approximate surface area is 148 Å². The van der Waals surface area contributed by atoms with E-state index < -0.39 is 0 Å². The van der Waals surface area contributed by atoms with Crippen molar-refractivity contribution in [3.63, 3.8) is 0 Å². The molecule has 0 bridgehead atoms. The van der Waals surface area contributed by atoms with E-state index in [9.17, 15) is 4.79 Å². The molecule has 0 atom stereocenters. The van der Waals surface area contributed by atoms with E-state index >= 15 is 0 Å². The summed E-state index contributed by atoms with van der Waals surface area (Å²) in [6.07, 6.45) is 4.27. The fourth-order valence-corrected chi connectivity index (χ4v) is 2.92. The van der Waals surface area contributed by atoms with Crippen LogP contribution in [0.2, 0.25) is 0 Å². The zero-order chi connectivity index (χ0) is 18.0. The van der Waals surface area contributed by atoms with E-state index in [4.69, 9.17) is 10.4 Å². The highest BCUT2D eigenvalue weighted by atomic mass is 16.2. The number of aromatic nitrogens is 2. The van der Waals surface area contributed by atoms with Crippen molar-refractivity contribution < 1.29 is 4.79 Å². The van der Waals surface area contributed by atoms with Crippen LogP contribution in [-0.2, 0) is 5.41 Å². The Morgan fingerprint density at radius 2 is 1.96 bits per heavy atom. The second-order valence-electron chi connectivity index (χ2n) is 7.26. The Hall–Kier alpha value is -2.87. The molecule has 0 fully saturated rings. The Balaban J connectivity index is 1.98. The van der Waals surface area contributed by atoms with Crippen LogP contribution in [0.5, 0.6) is 0 Å². The molecule has 0 aliphatic carbocycles. The number of nitrogens with zero attached hydrogens (tertiary/aromatic N) is 4. The lowest BCUT2D eigenvalue weighted by molar-refractivity contribution is 0.0767. The van der Waals surface area contributed by atoms with Crippen LogP contribution in [0, 0.1) is 11.3 Å². The second-order valence-corrected chi connectivity index (χ2v) is 7.26. The average Bonchev–Trinajstić information content (AvgIpc) is 3.08. The Morgan fingerprint density at radius 1 is 1.24 bits per heavy atom. The summed E-state index contributed by atoms with van der Waals surface area (Å²) in [6.45, 7) is 7.22. The van der Waals surface area contributed by atoms with Crippen molar-refractivity contribution in [1.82, 2.24) is 14.7 Å². The maximum atomic E-state index is 13.1. The number of rotatable bonds is 2. The molecule has 128 valence electrons. The number of benzene rings is 1. The molecule has 0 unspecified atom stereocenters.